The first-order valence-corrected chi connectivity index (χ1v) is 10.3. The molecule has 2 saturated heterocycles. The third kappa shape index (κ3) is 5.62. The van der Waals surface area contributed by atoms with Crippen LogP contribution in [0.25, 0.3) is 0 Å². The average molecular weight is 402 g/mol. The van der Waals surface area contributed by atoms with E-state index in [9.17, 15) is 14.4 Å². The molecule has 1 aromatic rings. The second-order valence-electron chi connectivity index (χ2n) is 7.76. The van der Waals surface area contributed by atoms with Crippen LogP contribution in [0.3, 0.4) is 0 Å². The van der Waals surface area contributed by atoms with E-state index in [4.69, 9.17) is 10.5 Å². The largest absolute Gasteiger partial charge is 0.452 e. The van der Waals surface area contributed by atoms with Crippen molar-refractivity contribution in [2.45, 2.75) is 45.1 Å². The number of ether oxygens (including phenoxy) is 1. The normalized spacial score (nSPS) is 18.8. The number of urea groups is 1. The number of esters is 1. The van der Waals surface area contributed by atoms with E-state index in [0.29, 0.717) is 31.6 Å². The third-order valence-electron chi connectivity index (χ3n) is 5.66. The Bertz CT molecular complexity index is 723. The Balaban J connectivity index is 1.46. The summed E-state index contributed by atoms with van der Waals surface area (Å²) in [5.41, 5.74) is 7.08. The molecule has 0 saturated carbocycles. The van der Waals surface area contributed by atoms with Crippen molar-refractivity contribution in [3.8, 4) is 0 Å². The molecule has 0 bridgehead atoms. The average Bonchev–Trinajstić information content (AvgIpc) is 2.74. The van der Waals surface area contributed by atoms with E-state index in [0.717, 1.165) is 18.8 Å². The van der Waals surface area contributed by atoms with Crippen molar-refractivity contribution >= 4 is 29.3 Å². The monoisotopic (exact) mass is 402 g/mol. The Morgan fingerprint density at radius 3 is 2.24 bits per heavy atom. The number of likely N-dealkylation sites (tertiary alicyclic amines) is 1. The van der Waals surface area contributed by atoms with Crippen LogP contribution in [-0.2, 0) is 14.3 Å². The quantitative estimate of drug-likeness (QED) is 0.736. The zero-order valence-electron chi connectivity index (χ0n) is 16.9. The molecule has 0 unspecified atom stereocenters. The van der Waals surface area contributed by atoms with Crippen molar-refractivity contribution in [2.75, 3.05) is 36.4 Å². The highest BCUT2D eigenvalue weighted by Crippen LogP contribution is 2.22. The predicted molar refractivity (Wildman–Crippen MR) is 111 cm³/mol. The van der Waals surface area contributed by atoms with Gasteiger partial charge in [0.25, 0.3) is 5.91 Å². The second-order valence-corrected chi connectivity index (χ2v) is 7.76. The van der Waals surface area contributed by atoms with Gasteiger partial charge in [-0.2, -0.15) is 0 Å². The Morgan fingerprint density at radius 1 is 1.03 bits per heavy atom. The van der Waals surface area contributed by atoms with Crippen LogP contribution < -0.4 is 16.0 Å². The van der Waals surface area contributed by atoms with E-state index in [1.165, 1.54) is 24.2 Å². The Labute approximate surface area is 171 Å². The lowest BCUT2D eigenvalue weighted by molar-refractivity contribution is -0.158. The zero-order valence-corrected chi connectivity index (χ0v) is 16.9. The molecule has 1 atom stereocenters. The van der Waals surface area contributed by atoms with Crippen molar-refractivity contribution < 1.29 is 19.1 Å². The van der Waals surface area contributed by atoms with Crippen LogP contribution in [0.4, 0.5) is 16.2 Å². The molecule has 8 heteroatoms. The van der Waals surface area contributed by atoms with Crippen molar-refractivity contribution in [1.29, 1.82) is 0 Å². The van der Waals surface area contributed by atoms with Crippen molar-refractivity contribution in [3.05, 3.63) is 24.3 Å². The molecule has 8 nitrogen and oxygen atoms in total. The van der Waals surface area contributed by atoms with Gasteiger partial charge in [0.2, 0.25) is 0 Å². The van der Waals surface area contributed by atoms with Crippen molar-refractivity contribution in [1.82, 2.24) is 4.90 Å². The van der Waals surface area contributed by atoms with Crippen molar-refractivity contribution in [2.24, 2.45) is 11.7 Å². The minimum atomic E-state index is -0.890. The molecule has 2 aliphatic rings. The van der Waals surface area contributed by atoms with Gasteiger partial charge in [-0.05, 0) is 63.3 Å². The summed E-state index contributed by atoms with van der Waals surface area (Å²) in [5, 5.41) is 2.80. The molecule has 3 rings (SSSR count). The fourth-order valence-corrected chi connectivity index (χ4v) is 3.81. The number of anilines is 2. The molecular formula is C21H30N4O4. The lowest BCUT2D eigenvalue weighted by Gasteiger charge is -2.30. The highest BCUT2D eigenvalue weighted by molar-refractivity contribution is 5.95. The minimum absolute atomic E-state index is 0.315. The van der Waals surface area contributed by atoms with Crippen molar-refractivity contribution in [3.63, 3.8) is 0 Å². The molecular weight excluding hydrogens is 372 g/mol. The number of hydrogen-bond donors (Lipinski definition) is 2. The first-order chi connectivity index (χ1) is 13.9. The van der Waals surface area contributed by atoms with Gasteiger partial charge in [0.1, 0.15) is 0 Å². The summed E-state index contributed by atoms with van der Waals surface area (Å²) in [6.45, 7) is 4.56. The number of primary amides is 1. The van der Waals surface area contributed by atoms with Crippen LogP contribution in [0.2, 0.25) is 0 Å². The van der Waals surface area contributed by atoms with Crippen LogP contribution >= 0.6 is 0 Å². The minimum Gasteiger partial charge on any atom is -0.452 e. The fraction of sp³-hybridized carbons (Fsp3) is 0.571. The summed E-state index contributed by atoms with van der Waals surface area (Å²) >= 11 is 0. The molecule has 0 radical (unpaired) electrons. The summed E-state index contributed by atoms with van der Waals surface area (Å²) in [6, 6.07) is 7.27. The topological polar surface area (TPSA) is 105 Å². The molecule has 1 aromatic carbocycles. The van der Waals surface area contributed by atoms with Crippen LogP contribution in [0.15, 0.2) is 24.3 Å². The van der Waals surface area contributed by atoms with E-state index >= 15 is 0 Å². The molecule has 2 fully saturated rings. The maximum Gasteiger partial charge on any atom is 0.314 e. The summed E-state index contributed by atoms with van der Waals surface area (Å²) in [6.07, 6.45) is 3.80. The SMILES string of the molecule is C[C@H](OC(=O)C1CCN(C(N)=O)CC1)C(=O)Nc1ccc(N2CCCCC2)cc1. The number of hydrogen-bond acceptors (Lipinski definition) is 5. The number of carbonyl (C=O) groups excluding carboxylic acids is 3. The molecule has 3 amide bonds. The van der Waals surface area contributed by atoms with Gasteiger partial charge in [-0.15, -0.1) is 0 Å². The van der Waals surface area contributed by atoms with E-state index in [1.54, 1.807) is 6.92 Å². The number of piperidine rings is 2. The van der Waals surface area contributed by atoms with Gasteiger partial charge in [0.15, 0.2) is 6.10 Å². The molecule has 2 heterocycles. The Kier molecular flexibility index (Phi) is 6.95. The van der Waals surface area contributed by atoms with E-state index in [-0.39, 0.29) is 11.8 Å². The van der Waals surface area contributed by atoms with Crippen LogP contribution in [0.5, 0.6) is 0 Å². The number of nitrogens with two attached hydrogens (primary N) is 1. The first-order valence-electron chi connectivity index (χ1n) is 10.3. The molecule has 0 aromatic heterocycles. The summed E-state index contributed by atoms with van der Waals surface area (Å²) in [4.78, 5) is 39.7. The number of amides is 3. The Hall–Kier alpha value is -2.77. The van der Waals surface area contributed by atoms with Crippen LogP contribution in [0.1, 0.15) is 39.0 Å². The van der Waals surface area contributed by atoms with Gasteiger partial charge < -0.3 is 25.6 Å². The number of benzene rings is 1. The van der Waals surface area contributed by atoms with Crippen LogP contribution in [-0.4, -0.2) is 55.1 Å². The molecule has 3 N–H and O–H groups in total. The van der Waals surface area contributed by atoms with E-state index in [1.807, 2.05) is 24.3 Å². The van der Waals surface area contributed by atoms with Crippen LogP contribution in [0, 0.1) is 5.92 Å². The number of rotatable bonds is 5. The van der Waals surface area contributed by atoms with Gasteiger partial charge in [-0.1, -0.05) is 0 Å². The van der Waals surface area contributed by atoms with E-state index < -0.39 is 18.1 Å². The fourth-order valence-electron chi connectivity index (χ4n) is 3.81. The number of nitrogens with one attached hydrogen (secondary N) is 1. The summed E-state index contributed by atoms with van der Waals surface area (Å²) in [7, 11) is 0. The highest BCUT2D eigenvalue weighted by Gasteiger charge is 2.29. The standard InChI is InChI=1S/C21H30N4O4/c1-15(29-20(27)16-9-13-25(14-10-16)21(22)28)19(26)23-17-5-7-18(8-6-17)24-11-3-2-4-12-24/h5-8,15-16H,2-4,9-14H2,1H3,(H2,22,28)(H,23,26)/t15-/m0/s1. The highest BCUT2D eigenvalue weighted by atomic mass is 16.5. The maximum absolute atomic E-state index is 12.4. The number of carbonyl (C=O) groups is 3. The molecule has 158 valence electrons. The predicted octanol–water partition coefficient (Wildman–Crippen LogP) is 2.34. The lowest BCUT2D eigenvalue weighted by atomic mass is 9.97. The van der Waals surface area contributed by atoms with Gasteiger partial charge in [-0.3, -0.25) is 9.59 Å². The molecule has 2 aliphatic heterocycles. The molecule has 29 heavy (non-hydrogen) atoms. The van der Waals surface area contributed by atoms with Gasteiger partial charge in [-0.25, -0.2) is 4.79 Å². The third-order valence-corrected chi connectivity index (χ3v) is 5.66. The summed E-state index contributed by atoms with van der Waals surface area (Å²) in [5.74, 6) is -1.08. The molecule has 0 aliphatic carbocycles. The zero-order chi connectivity index (χ0) is 20.8. The first kappa shape index (κ1) is 21.0. The summed E-state index contributed by atoms with van der Waals surface area (Å²) < 4.78 is 5.34. The lowest BCUT2D eigenvalue weighted by Crippen LogP contribution is -2.44. The number of nitrogens with zero attached hydrogens (tertiary/aromatic N) is 2. The molecule has 0 spiro atoms. The Morgan fingerprint density at radius 2 is 1.66 bits per heavy atom. The van der Waals surface area contributed by atoms with Gasteiger partial charge >= 0.3 is 12.0 Å². The smallest absolute Gasteiger partial charge is 0.314 e. The second kappa shape index (κ2) is 9.62. The van der Waals surface area contributed by atoms with Gasteiger partial charge in [0, 0.05) is 37.6 Å². The van der Waals surface area contributed by atoms with Gasteiger partial charge in [0.05, 0.1) is 5.92 Å². The maximum atomic E-state index is 12.4. The van der Waals surface area contributed by atoms with E-state index in [2.05, 4.69) is 10.2 Å².